The number of hydrogen-bond acceptors (Lipinski definition) is 3. The molecular formula is C17H24N2O2. The molecule has 1 amide bonds. The van der Waals surface area contributed by atoms with Crippen LogP contribution >= 0.6 is 0 Å². The molecule has 0 radical (unpaired) electrons. The maximum Gasteiger partial charge on any atom is 0.242 e. The van der Waals surface area contributed by atoms with Crippen LogP contribution in [0.1, 0.15) is 37.7 Å². The zero-order valence-electron chi connectivity index (χ0n) is 12.4. The number of rotatable bonds is 5. The maximum atomic E-state index is 12.1. The Labute approximate surface area is 126 Å². The van der Waals surface area contributed by atoms with Crippen LogP contribution in [0, 0.1) is 0 Å². The molecule has 1 saturated carbocycles. The molecule has 4 heteroatoms. The maximum absolute atomic E-state index is 12.1. The molecule has 1 atom stereocenters. The molecule has 3 rings (SSSR count). The van der Waals surface area contributed by atoms with Gasteiger partial charge in [-0.15, -0.1) is 0 Å². The first-order valence-corrected chi connectivity index (χ1v) is 8.07. The molecule has 1 aliphatic carbocycles. The zero-order chi connectivity index (χ0) is 14.5. The second-order valence-corrected chi connectivity index (χ2v) is 5.98. The first kappa shape index (κ1) is 14.4. The number of benzene rings is 1. The Hall–Kier alpha value is -1.55. The molecule has 1 heterocycles. The van der Waals surface area contributed by atoms with Gasteiger partial charge in [0.2, 0.25) is 5.91 Å². The second-order valence-electron chi connectivity index (χ2n) is 5.98. The lowest BCUT2D eigenvalue weighted by Crippen LogP contribution is -2.40. The Kier molecular flexibility index (Phi) is 4.76. The molecule has 1 unspecified atom stereocenters. The summed E-state index contributed by atoms with van der Waals surface area (Å²) < 4.78 is 5.82. The minimum absolute atomic E-state index is 0.0680. The number of hydrogen-bond donors (Lipinski definition) is 2. The normalized spacial score (nSPS) is 21.6. The number of nitrogens with one attached hydrogen (secondary N) is 2. The van der Waals surface area contributed by atoms with Crippen molar-refractivity contribution in [1.82, 2.24) is 5.32 Å². The van der Waals surface area contributed by atoms with Crippen molar-refractivity contribution in [3.05, 3.63) is 29.8 Å². The van der Waals surface area contributed by atoms with E-state index in [1.807, 2.05) is 18.2 Å². The molecule has 4 nitrogen and oxygen atoms in total. The summed E-state index contributed by atoms with van der Waals surface area (Å²) in [6, 6.07) is 7.96. The highest BCUT2D eigenvalue weighted by molar-refractivity contribution is 5.87. The van der Waals surface area contributed by atoms with E-state index in [1.54, 1.807) is 0 Å². The Morgan fingerprint density at radius 3 is 2.86 bits per heavy atom. The van der Waals surface area contributed by atoms with Gasteiger partial charge in [0.25, 0.3) is 0 Å². The average molecular weight is 288 g/mol. The molecule has 0 saturated heterocycles. The zero-order valence-corrected chi connectivity index (χ0v) is 12.4. The van der Waals surface area contributed by atoms with E-state index in [9.17, 15) is 4.79 Å². The Morgan fingerprint density at radius 1 is 1.24 bits per heavy atom. The third-order valence-electron chi connectivity index (χ3n) is 4.39. The second kappa shape index (κ2) is 6.94. The Bertz CT molecular complexity index is 458. The fourth-order valence-corrected chi connectivity index (χ4v) is 3.21. The quantitative estimate of drug-likeness (QED) is 0.818. The summed E-state index contributed by atoms with van der Waals surface area (Å²) in [5.74, 6) is 0.0680. The van der Waals surface area contributed by atoms with Crippen LogP contribution in [-0.2, 0) is 16.0 Å². The highest BCUT2D eigenvalue weighted by Crippen LogP contribution is 2.25. The van der Waals surface area contributed by atoms with Crippen LogP contribution in [0.25, 0.3) is 0 Å². The molecule has 1 aromatic rings. The van der Waals surface area contributed by atoms with E-state index < -0.39 is 0 Å². The molecule has 2 N–H and O–H groups in total. The van der Waals surface area contributed by atoms with E-state index in [-0.39, 0.29) is 11.9 Å². The van der Waals surface area contributed by atoms with Gasteiger partial charge in [-0.25, -0.2) is 0 Å². The van der Waals surface area contributed by atoms with Gasteiger partial charge in [0, 0.05) is 18.7 Å². The Balaban J connectivity index is 1.36. The highest BCUT2D eigenvalue weighted by Gasteiger charge is 2.25. The minimum Gasteiger partial charge on any atom is -0.376 e. The lowest BCUT2D eigenvalue weighted by molar-refractivity contribution is -0.122. The molecule has 1 aliphatic heterocycles. The third kappa shape index (κ3) is 3.76. The number of para-hydroxylation sites is 1. The summed E-state index contributed by atoms with van der Waals surface area (Å²) in [6.07, 6.45) is 7.42. The fourth-order valence-electron chi connectivity index (χ4n) is 3.21. The van der Waals surface area contributed by atoms with Gasteiger partial charge in [0.05, 0.1) is 12.7 Å². The lowest BCUT2D eigenvalue weighted by atomic mass is 9.98. The standard InChI is InChI=1S/C17H24N2O2/c20-17(16-12-13-6-4-5-9-15(13)19-16)18-10-11-21-14-7-2-1-3-8-14/h4-6,9,14,16,19H,1-3,7-8,10-12H2,(H,18,20). The molecule has 1 fully saturated rings. The predicted octanol–water partition coefficient (Wildman–Crippen LogP) is 2.49. The van der Waals surface area contributed by atoms with Gasteiger partial charge in [0.1, 0.15) is 6.04 Å². The fraction of sp³-hybridized carbons (Fsp3) is 0.588. The number of anilines is 1. The van der Waals surface area contributed by atoms with Crippen LogP contribution < -0.4 is 10.6 Å². The summed E-state index contributed by atoms with van der Waals surface area (Å²) in [4.78, 5) is 12.1. The van der Waals surface area contributed by atoms with Crippen molar-refractivity contribution < 1.29 is 9.53 Å². The van der Waals surface area contributed by atoms with Gasteiger partial charge in [-0.1, -0.05) is 37.5 Å². The van der Waals surface area contributed by atoms with Crippen LogP contribution in [0.15, 0.2) is 24.3 Å². The van der Waals surface area contributed by atoms with Crippen LogP contribution in [0.4, 0.5) is 5.69 Å². The van der Waals surface area contributed by atoms with Gasteiger partial charge in [-0.05, 0) is 24.5 Å². The van der Waals surface area contributed by atoms with E-state index in [0.717, 1.165) is 12.1 Å². The Morgan fingerprint density at radius 2 is 2.05 bits per heavy atom. The van der Waals surface area contributed by atoms with E-state index in [0.29, 0.717) is 19.3 Å². The molecule has 1 aromatic carbocycles. The molecule has 21 heavy (non-hydrogen) atoms. The van der Waals surface area contributed by atoms with Gasteiger partial charge in [0.15, 0.2) is 0 Å². The number of carbonyl (C=O) groups excluding carboxylic acids is 1. The van der Waals surface area contributed by atoms with Gasteiger partial charge in [-0.2, -0.15) is 0 Å². The first-order valence-electron chi connectivity index (χ1n) is 8.07. The van der Waals surface area contributed by atoms with Crippen molar-refractivity contribution in [3.8, 4) is 0 Å². The first-order chi connectivity index (χ1) is 10.3. The smallest absolute Gasteiger partial charge is 0.242 e. The van der Waals surface area contributed by atoms with Crippen LogP contribution in [0.3, 0.4) is 0 Å². The molecular weight excluding hydrogens is 264 g/mol. The van der Waals surface area contributed by atoms with E-state index in [1.165, 1.54) is 37.7 Å². The number of carbonyl (C=O) groups is 1. The number of fused-ring (bicyclic) bond motifs is 1. The van der Waals surface area contributed by atoms with Crippen molar-refractivity contribution in [2.45, 2.75) is 50.7 Å². The van der Waals surface area contributed by atoms with Crippen LogP contribution in [-0.4, -0.2) is 31.2 Å². The summed E-state index contributed by atoms with van der Waals surface area (Å²) in [5, 5.41) is 6.24. The van der Waals surface area contributed by atoms with Crippen molar-refractivity contribution in [2.75, 3.05) is 18.5 Å². The summed E-state index contributed by atoms with van der Waals surface area (Å²) in [6.45, 7) is 1.22. The van der Waals surface area contributed by atoms with E-state index in [2.05, 4.69) is 16.7 Å². The molecule has 0 bridgehead atoms. The van der Waals surface area contributed by atoms with E-state index in [4.69, 9.17) is 4.74 Å². The van der Waals surface area contributed by atoms with Crippen LogP contribution in [0.5, 0.6) is 0 Å². The number of ether oxygens (including phenoxy) is 1. The summed E-state index contributed by atoms with van der Waals surface area (Å²) >= 11 is 0. The van der Waals surface area contributed by atoms with E-state index >= 15 is 0 Å². The van der Waals surface area contributed by atoms with Gasteiger partial charge < -0.3 is 15.4 Å². The number of amides is 1. The van der Waals surface area contributed by atoms with Crippen LogP contribution in [0.2, 0.25) is 0 Å². The van der Waals surface area contributed by atoms with Crippen molar-refractivity contribution in [3.63, 3.8) is 0 Å². The summed E-state index contributed by atoms with van der Waals surface area (Å²) in [5.41, 5.74) is 2.30. The minimum atomic E-state index is -0.142. The molecule has 0 spiro atoms. The van der Waals surface area contributed by atoms with Crippen molar-refractivity contribution in [2.24, 2.45) is 0 Å². The van der Waals surface area contributed by atoms with Crippen molar-refractivity contribution >= 4 is 11.6 Å². The van der Waals surface area contributed by atoms with Gasteiger partial charge in [-0.3, -0.25) is 4.79 Å². The monoisotopic (exact) mass is 288 g/mol. The predicted molar refractivity (Wildman–Crippen MR) is 83.4 cm³/mol. The topological polar surface area (TPSA) is 50.4 Å². The SMILES string of the molecule is O=C(NCCOC1CCCCC1)C1Cc2ccccc2N1. The van der Waals surface area contributed by atoms with Crippen molar-refractivity contribution in [1.29, 1.82) is 0 Å². The molecule has 2 aliphatic rings. The largest absolute Gasteiger partial charge is 0.376 e. The molecule has 114 valence electrons. The average Bonchev–Trinajstić information content (AvgIpc) is 2.96. The third-order valence-corrected chi connectivity index (χ3v) is 4.39. The van der Waals surface area contributed by atoms with Gasteiger partial charge >= 0.3 is 0 Å². The highest BCUT2D eigenvalue weighted by atomic mass is 16.5. The lowest BCUT2D eigenvalue weighted by Gasteiger charge is -2.22. The molecule has 0 aromatic heterocycles. The summed E-state index contributed by atoms with van der Waals surface area (Å²) in [7, 11) is 0.